The molecular formula is C13H13N3O4. The lowest BCUT2D eigenvalue weighted by molar-refractivity contribution is 0.0689. The standard InChI is InChI=1S/C13H13N3O4/c1-7-5-15-12(20-7)8(2)16-11(17)9-3-4-10(13(18)19)14-6-9/h3-6,8H,1-2H3,(H,16,17)(H,18,19). The Morgan fingerprint density at radius 1 is 1.30 bits per heavy atom. The Balaban J connectivity index is 2.06. The van der Waals surface area contributed by atoms with Crippen molar-refractivity contribution in [3.05, 3.63) is 47.4 Å². The predicted octanol–water partition coefficient (Wildman–Crippen LogP) is 1.57. The lowest BCUT2D eigenvalue weighted by atomic mass is 10.2. The number of rotatable bonds is 4. The molecule has 0 aliphatic heterocycles. The van der Waals surface area contributed by atoms with Crippen molar-refractivity contribution in [2.24, 2.45) is 0 Å². The van der Waals surface area contributed by atoms with Crippen LogP contribution in [-0.2, 0) is 0 Å². The molecule has 0 spiro atoms. The van der Waals surface area contributed by atoms with Gasteiger partial charge in [-0.15, -0.1) is 0 Å². The quantitative estimate of drug-likeness (QED) is 0.877. The zero-order chi connectivity index (χ0) is 14.7. The molecule has 0 aliphatic rings. The van der Waals surface area contributed by atoms with Gasteiger partial charge in [-0.1, -0.05) is 0 Å². The van der Waals surface area contributed by atoms with Gasteiger partial charge in [0.1, 0.15) is 17.5 Å². The fraction of sp³-hybridized carbons (Fsp3) is 0.231. The molecule has 2 aromatic heterocycles. The number of aromatic carboxylic acids is 1. The number of carboxylic acid groups (broad SMARTS) is 1. The molecule has 1 unspecified atom stereocenters. The number of aryl methyl sites for hydroxylation is 1. The first kappa shape index (κ1) is 13.7. The van der Waals surface area contributed by atoms with Gasteiger partial charge < -0.3 is 14.8 Å². The average molecular weight is 275 g/mol. The molecule has 2 rings (SSSR count). The van der Waals surface area contributed by atoms with E-state index in [2.05, 4.69) is 15.3 Å². The van der Waals surface area contributed by atoms with E-state index in [1.54, 1.807) is 20.0 Å². The topological polar surface area (TPSA) is 105 Å². The Bertz CT molecular complexity index is 633. The number of pyridine rings is 1. The van der Waals surface area contributed by atoms with Crippen LogP contribution in [0.25, 0.3) is 0 Å². The highest BCUT2D eigenvalue weighted by Gasteiger charge is 2.16. The van der Waals surface area contributed by atoms with E-state index in [1.165, 1.54) is 18.3 Å². The number of aromatic nitrogens is 2. The van der Waals surface area contributed by atoms with Gasteiger partial charge in [0.25, 0.3) is 5.91 Å². The van der Waals surface area contributed by atoms with Crippen molar-refractivity contribution in [2.75, 3.05) is 0 Å². The molecule has 2 N–H and O–H groups in total. The Morgan fingerprint density at radius 3 is 2.55 bits per heavy atom. The molecule has 2 heterocycles. The molecule has 0 aromatic carbocycles. The summed E-state index contributed by atoms with van der Waals surface area (Å²) in [4.78, 5) is 30.3. The fourth-order valence-electron chi connectivity index (χ4n) is 1.57. The van der Waals surface area contributed by atoms with Crippen molar-refractivity contribution in [3.63, 3.8) is 0 Å². The van der Waals surface area contributed by atoms with Crippen molar-refractivity contribution in [1.82, 2.24) is 15.3 Å². The summed E-state index contributed by atoms with van der Waals surface area (Å²) in [6.07, 6.45) is 2.79. The second kappa shape index (κ2) is 5.52. The molecule has 0 saturated heterocycles. The van der Waals surface area contributed by atoms with Gasteiger partial charge in [0.2, 0.25) is 5.89 Å². The third-order valence-electron chi connectivity index (χ3n) is 2.60. The minimum absolute atomic E-state index is 0.113. The van der Waals surface area contributed by atoms with Crippen LogP contribution >= 0.6 is 0 Å². The van der Waals surface area contributed by atoms with E-state index >= 15 is 0 Å². The van der Waals surface area contributed by atoms with E-state index in [0.29, 0.717) is 11.7 Å². The molecule has 20 heavy (non-hydrogen) atoms. The van der Waals surface area contributed by atoms with Crippen molar-refractivity contribution in [2.45, 2.75) is 19.9 Å². The Kier molecular flexibility index (Phi) is 3.79. The molecule has 0 saturated carbocycles. The van der Waals surface area contributed by atoms with Crippen LogP contribution in [0.15, 0.2) is 28.9 Å². The first-order valence-electron chi connectivity index (χ1n) is 5.90. The second-order valence-electron chi connectivity index (χ2n) is 4.24. The van der Waals surface area contributed by atoms with Gasteiger partial charge in [-0.05, 0) is 26.0 Å². The van der Waals surface area contributed by atoms with Crippen LogP contribution in [0.2, 0.25) is 0 Å². The van der Waals surface area contributed by atoms with Crippen molar-refractivity contribution < 1.29 is 19.1 Å². The number of hydrogen-bond acceptors (Lipinski definition) is 5. The van der Waals surface area contributed by atoms with E-state index in [1.807, 2.05) is 0 Å². The fourth-order valence-corrected chi connectivity index (χ4v) is 1.57. The van der Waals surface area contributed by atoms with Crippen LogP contribution in [0.1, 0.15) is 45.5 Å². The van der Waals surface area contributed by atoms with Crippen molar-refractivity contribution in [3.8, 4) is 0 Å². The smallest absolute Gasteiger partial charge is 0.354 e. The van der Waals surface area contributed by atoms with Gasteiger partial charge in [-0.25, -0.2) is 14.8 Å². The van der Waals surface area contributed by atoms with Gasteiger partial charge >= 0.3 is 5.97 Å². The summed E-state index contributed by atoms with van der Waals surface area (Å²) in [7, 11) is 0. The SMILES string of the molecule is Cc1cnc(C(C)NC(=O)c2ccc(C(=O)O)nc2)o1. The third kappa shape index (κ3) is 3.00. The van der Waals surface area contributed by atoms with Gasteiger partial charge in [-0.2, -0.15) is 0 Å². The number of carboxylic acids is 1. The van der Waals surface area contributed by atoms with E-state index < -0.39 is 12.0 Å². The number of hydrogen-bond donors (Lipinski definition) is 2. The van der Waals surface area contributed by atoms with Crippen LogP contribution in [0.3, 0.4) is 0 Å². The van der Waals surface area contributed by atoms with Gasteiger partial charge in [0.05, 0.1) is 11.8 Å². The summed E-state index contributed by atoms with van der Waals surface area (Å²) in [5.41, 5.74) is 0.156. The summed E-state index contributed by atoms with van der Waals surface area (Å²) < 4.78 is 5.31. The van der Waals surface area contributed by atoms with E-state index in [9.17, 15) is 9.59 Å². The summed E-state index contributed by atoms with van der Waals surface area (Å²) in [6.45, 7) is 3.50. The minimum Gasteiger partial charge on any atom is -0.477 e. The molecule has 104 valence electrons. The number of amides is 1. The van der Waals surface area contributed by atoms with Crippen molar-refractivity contribution >= 4 is 11.9 Å². The highest BCUT2D eigenvalue weighted by atomic mass is 16.4. The van der Waals surface area contributed by atoms with E-state index in [0.717, 1.165) is 0 Å². The van der Waals surface area contributed by atoms with Gasteiger partial charge in [0.15, 0.2) is 0 Å². The number of nitrogens with one attached hydrogen (secondary N) is 1. The zero-order valence-electron chi connectivity index (χ0n) is 11.0. The Hall–Kier alpha value is -2.70. The molecule has 0 bridgehead atoms. The van der Waals surface area contributed by atoms with Crippen LogP contribution in [0, 0.1) is 6.92 Å². The average Bonchev–Trinajstić information content (AvgIpc) is 2.85. The lowest BCUT2D eigenvalue weighted by Crippen LogP contribution is -2.27. The number of carbonyl (C=O) groups is 2. The van der Waals surface area contributed by atoms with Crippen LogP contribution in [0.5, 0.6) is 0 Å². The monoisotopic (exact) mass is 275 g/mol. The summed E-state index contributed by atoms with van der Waals surface area (Å²) >= 11 is 0. The number of carbonyl (C=O) groups excluding carboxylic acids is 1. The maximum atomic E-state index is 11.9. The predicted molar refractivity (Wildman–Crippen MR) is 68.3 cm³/mol. The Labute approximate surface area is 114 Å². The maximum Gasteiger partial charge on any atom is 0.354 e. The summed E-state index contributed by atoms with van der Waals surface area (Å²) in [6, 6.07) is 2.28. The molecule has 1 amide bonds. The highest BCUT2D eigenvalue weighted by molar-refractivity contribution is 5.95. The summed E-state index contributed by atoms with van der Waals surface area (Å²) in [5, 5.41) is 11.4. The van der Waals surface area contributed by atoms with Crippen molar-refractivity contribution in [1.29, 1.82) is 0 Å². The number of oxazole rings is 1. The van der Waals surface area contributed by atoms with Crippen LogP contribution < -0.4 is 5.32 Å². The lowest BCUT2D eigenvalue weighted by Gasteiger charge is -2.10. The maximum absolute atomic E-state index is 11.9. The first-order valence-corrected chi connectivity index (χ1v) is 5.90. The molecule has 7 heteroatoms. The molecule has 2 aromatic rings. The van der Waals surface area contributed by atoms with Gasteiger partial charge in [0, 0.05) is 6.20 Å². The molecular weight excluding hydrogens is 262 g/mol. The minimum atomic E-state index is -1.14. The molecule has 0 radical (unpaired) electrons. The van der Waals surface area contributed by atoms with E-state index in [4.69, 9.17) is 9.52 Å². The van der Waals surface area contributed by atoms with E-state index in [-0.39, 0.29) is 17.2 Å². The second-order valence-corrected chi connectivity index (χ2v) is 4.24. The Morgan fingerprint density at radius 2 is 2.05 bits per heavy atom. The zero-order valence-corrected chi connectivity index (χ0v) is 11.0. The third-order valence-corrected chi connectivity index (χ3v) is 2.60. The molecule has 0 aliphatic carbocycles. The van der Waals surface area contributed by atoms with Gasteiger partial charge in [-0.3, -0.25) is 4.79 Å². The molecule has 7 nitrogen and oxygen atoms in total. The summed E-state index contributed by atoms with van der Waals surface area (Å²) in [5.74, 6) is -0.446. The molecule has 1 atom stereocenters. The van der Waals surface area contributed by atoms with Crippen LogP contribution in [0.4, 0.5) is 0 Å². The van der Waals surface area contributed by atoms with Crippen LogP contribution in [-0.4, -0.2) is 27.0 Å². The first-order chi connectivity index (χ1) is 9.47. The number of nitrogens with zero attached hydrogens (tertiary/aromatic N) is 2. The normalized spacial score (nSPS) is 11.9. The molecule has 0 fully saturated rings. The highest BCUT2D eigenvalue weighted by Crippen LogP contribution is 2.12. The largest absolute Gasteiger partial charge is 0.477 e.